The van der Waals surface area contributed by atoms with E-state index in [1.54, 1.807) is 6.07 Å². The van der Waals surface area contributed by atoms with Gasteiger partial charge >= 0.3 is 5.97 Å². The van der Waals surface area contributed by atoms with E-state index in [9.17, 15) is 9.59 Å². The third kappa shape index (κ3) is 3.71. The number of aryl methyl sites for hydroxylation is 2. The molecule has 2 atom stereocenters. The van der Waals surface area contributed by atoms with E-state index in [2.05, 4.69) is 15.2 Å². The number of aromatic nitrogens is 2. The number of nitrogens with one attached hydrogen (secondary N) is 1. The summed E-state index contributed by atoms with van der Waals surface area (Å²) in [6, 6.07) is 9.43. The van der Waals surface area contributed by atoms with Crippen molar-refractivity contribution < 1.29 is 19.1 Å². The van der Waals surface area contributed by atoms with Crippen LogP contribution in [0.4, 0.5) is 5.69 Å². The van der Waals surface area contributed by atoms with Gasteiger partial charge in [0.25, 0.3) is 5.91 Å². The van der Waals surface area contributed by atoms with Crippen LogP contribution in [0, 0.1) is 13.8 Å². The quantitative estimate of drug-likeness (QED) is 0.860. The van der Waals surface area contributed by atoms with Crippen molar-refractivity contribution in [3.63, 3.8) is 0 Å². The minimum Gasteiger partial charge on any atom is -0.467 e. The number of nitrogens with zero attached hydrogens (tertiary/aromatic N) is 2. The molecule has 1 aromatic heterocycles. The summed E-state index contributed by atoms with van der Waals surface area (Å²) in [6.45, 7) is 3.91. The van der Waals surface area contributed by atoms with Gasteiger partial charge in [-0.05, 0) is 51.0 Å². The Hall–Kier alpha value is -2.67. The zero-order valence-electron chi connectivity index (χ0n) is 14.5. The normalized spacial score (nSPS) is 19.6. The van der Waals surface area contributed by atoms with Gasteiger partial charge in [0.2, 0.25) is 0 Å². The molecule has 3 rings (SSSR count). The van der Waals surface area contributed by atoms with Crippen LogP contribution in [-0.2, 0) is 19.1 Å². The minimum absolute atomic E-state index is 0.267. The van der Waals surface area contributed by atoms with Gasteiger partial charge < -0.3 is 14.8 Å². The molecule has 2 aromatic rings. The summed E-state index contributed by atoms with van der Waals surface area (Å²) >= 11 is 0. The monoisotopic (exact) mass is 343 g/mol. The van der Waals surface area contributed by atoms with Crippen molar-refractivity contribution in [1.82, 2.24) is 9.78 Å². The van der Waals surface area contributed by atoms with Crippen LogP contribution in [0.2, 0.25) is 0 Å². The molecule has 0 bridgehead atoms. The fourth-order valence-corrected chi connectivity index (χ4v) is 2.96. The summed E-state index contributed by atoms with van der Waals surface area (Å²) in [4.78, 5) is 23.9. The Morgan fingerprint density at radius 3 is 2.68 bits per heavy atom. The van der Waals surface area contributed by atoms with Crippen molar-refractivity contribution in [2.45, 2.75) is 38.9 Å². The van der Waals surface area contributed by atoms with Gasteiger partial charge in [0.15, 0.2) is 6.10 Å². The van der Waals surface area contributed by atoms with Crippen LogP contribution >= 0.6 is 0 Å². The minimum atomic E-state index is -0.665. The van der Waals surface area contributed by atoms with Crippen LogP contribution in [0.5, 0.6) is 0 Å². The first-order chi connectivity index (χ1) is 12.0. The van der Waals surface area contributed by atoms with E-state index in [-0.39, 0.29) is 5.91 Å². The van der Waals surface area contributed by atoms with Crippen LogP contribution in [0.15, 0.2) is 30.3 Å². The van der Waals surface area contributed by atoms with E-state index >= 15 is 0 Å². The fraction of sp³-hybridized carbons (Fsp3) is 0.389. The second-order valence-corrected chi connectivity index (χ2v) is 6.09. The first-order valence-corrected chi connectivity index (χ1v) is 8.16. The molecule has 0 saturated carbocycles. The standard InChI is InChI=1S/C18H21N3O4/c1-11-9-12(2)21(20-11)14-6-4-5-13(10-14)19-17(22)15-7-8-16(25-15)18(23)24-3/h4-6,9-10,15-16H,7-8H2,1-3H3,(H,19,22)/t15-,16+/m1/s1. The number of anilines is 1. The smallest absolute Gasteiger partial charge is 0.335 e. The molecule has 7 nitrogen and oxygen atoms in total. The van der Waals surface area contributed by atoms with E-state index < -0.39 is 18.2 Å². The Labute approximate surface area is 145 Å². The highest BCUT2D eigenvalue weighted by molar-refractivity contribution is 5.95. The second kappa shape index (κ2) is 7.06. The maximum absolute atomic E-state index is 12.4. The number of methoxy groups -OCH3 is 1. The van der Waals surface area contributed by atoms with Gasteiger partial charge in [-0.1, -0.05) is 6.07 Å². The molecule has 1 N–H and O–H groups in total. The van der Waals surface area contributed by atoms with Crippen molar-refractivity contribution in [1.29, 1.82) is 0 Å². The van der Waals surface area contributed by atoms with E-state index in [4.69, 9.17) is 4.74 Å². The molecule has 1 aromatic carbocycles. The molecule has 0 radical (unpaired) electrons. The van der Waals surface area contributed by atoms with Gasteiger partial charge in [0.1, 0.15) is 6.10 Å². The Morgan fingerprint density at radius 2 is 2.00 bits per heavy atom. The van der Waals surface area contributed by atoms with Crippen molar-refractivity contribution in [3.05, 3.63) is 41.7 Å². The lowest BCUT2D eigenvalue weighted by molar-refractivity contribution is -0.154. The lowest BCUT2D eigenvalue weighted by Gasteiger charge is -2.13. The summed E-state index contributed by atoms with van der Waals surface area (Å²) in [7, 11) is 1.31. The van der Waals surface area contributed by atoms with Gasteiger partial charge in [0.05, 0.1) is 18.5 Å². The zero-order chi connectivity index (χ0) is 18.0. The molecule has 0 aliphatic carbocycles. The highest BCUT2D eigenvalue weighted by Crippen LogP contribution is 2.23. The number of hydrogen-bond donors (Lipinski definition) is 1. The largest absolute Gasteiger partial charge is 0.467 e. The summed E-state index contributed by atoms with van der Waals surface area (Å²) in [6.07, 6.45) is -0.345. The number of benzene rings is 1. The van der Waals surface area contributed by atoms with Crippen molar-refractivity contribution >= 4 is 17.6 Å². The van der Waals surface area contributed by atoms with Crippen LogP contribution in [0.3, 0.4) is 0 Å². The number of rotatable bonds is 4. The van der Waals surface area contributed by atoms with Crippen LogP contribution in [0.25, 0.3) is 5.69 Å². The predicted molar refractivity (Wildman–Crippen MR) is 91.6 cm³/mol. The number of carbonyl (C=O) groups is 2. The zero-order valence-corrected chi connectivity index (χ0v) is 14.5. The predicted octanol–water partition coefficient (Wildman–Crippen LogP) is 2.15. The van der Waals surface area contributed by atoms with Gasteiger partial charge in [0, 0.05) is 11.4 Å². The molecular weight excluding hydrogens is 322 g/mol. The highest BCUT2D eigenvalue weighted by atomic mass is 16.6. The molecular formula is C18H21N3O4. The lowest BCUT2D eigenvalue weighted by Crippen LogP contribution is -2.30. The van der Waals surface area contributed by atoms with Gasteiger partial charge in [-0.25, -0.2) is 9.48 Å². The SMILES string of the molecule is COC(=O)[C@@H]1CC[C@H](C(=O)Nc2cccc(-n3nc(C)cc3C)c2)O1. The Morgan fingerprint density at radius 1 is 1.24 bits per heavy atom. The number of hydrogen-bond acceptors (Lipinski definition) is 5. The second-order valence-electron chi connectivity index (χ2n) is 6.09. The maximum Gasteiger partial charge on any atom is 0.335 e. The molecule has 1 aliphatic heterocycles. The average molecular weight is 343 g/mol. The number of esters is 1. The number of amides is 1. The molecule has 1 saturated heterocycles. The first kappa shape index (κ1) is 17.2. The van der Waals surface area contributed by atoms with Crippen molar-refractivity contribution in [3.8, 4) is 5.69 Å². The molecule has 1 aliphatic rings. The van der Waals surface area contributed by atoms with Gasteiger partial charge in [-0.2, -0.15) is 5.10 Å². The van der Waals surface area contributed by atoms with Crippen LogP contribution in [0.1, 0.15) is 24.2 Å². The number of carbonyl (C=O) groups excluding carboxylic acids is 2. The number of ether oxygens (including phenoxy) is 2. The maximum atomic E-state index is 12.4. The lowest BCUT2D eigenvalue weighted by atomic mass is 10.2. The van der Waals surface area contributed by atoms with E-state index in [1.165, 1.54) is 7.11 Å². The Kier molecular flexibility index (Phi) is 4.85. The molecule has 25 heavy (non-hydrogen) atoms. The fourth-order valence-electron chi connectivity index (χ4n) is 2.96. The highest BCUT2D eigenvalue weighted by Gasteiger charge is 2.35. The molecule has 0 spiro atoms. The Balaban J connectivity index is 1.69. The van der Waals surface area contributed by atoms with Crippen molar-refractivity contribution in [2.75, 3.05) is 12.4 Å². The average Bonchev–Trinajstić information content (AvgIpc) is 3.21. The van der Waals surface area contributed by atoms with Crippen LogP contribution in [-0.4, -0.2) is 41.0 Å². The molecule has 7 heteroatoms. The summed E-state index contributed by atoms with van der Waals surface area (Å²) in [5, 5.41) is 7.29. The summed E-state index contributed by atoms with van der Waals surface area (Å²) in [5.41, 5.74) is 3.46. The summed E-state index contributed by atoms with van der Waals surface area (Å²) in [5.74, 6) is -0.709. The van der Waals surface area contributed by atoms with Gasteiger partial charge in [-0.15, -0.1) is 0 Å². The van der Waals surface area contributed by atoms with E-state index in [0.29, 0.717) is 18.5 Å². The third-order valence-electron chi connectivity index (χ3n) is 4.14. The molecule has 1 fully saturated rings. The van der Waals surface area contributed by atoms with Gasteiger partial charge in [-0.3, -0.25) is 4.79 Å². The van der Waals surface area contributed by atoms with Crippen LogP contribution < -0.4 is 5.32 Å². The molecule has 2 heterocycles. The van der Waals surface area contributed by atoms with E-state index in [0.717, 1.165) is 17.1 Å². The first-order valence-electron chi connectivity index (χ1n) is 8.16. The topological polar surface area (TPSA) is 82.5 Å². The third-order valence-corrected chi connectivity index (χ3v) is 4.14. The van der Waals surface area contributed by atoms with E-state index in [1.807, 2.05) is 42.8 Å². The Bertz CT molecular complexity index is 799. The molecule has 132 valence electrons. The van der Waals surface area contributed by atoms with Crippen molar-refractivity contribution in [2.24, 2.45) is 0 Å². The summed E-state index contributed by atoms with van der Waals surface area (Å²) < 4.78 is 12.0. The molecule has 1 amide bonds. The molecule has 0 unspecified atom stereocenters.